The molecule has 0 heterocycles. The minimum absolute atomic E-state index is 0.344. The topological polar surface area (TPSA) is 32.3 Å². The summed E-state index contributed by atoms with van der Waals surface area (Å²) in [5, 5.41) is 11.3. The molecule has 0 atom stereocenters. The number of aliphatic hydroxyl groups is 1. The molecule has 12 heavy (non-hydrogen) atoms. The highest BCUT2D eigenvalue weighted by atomic mass is 16.2. The fraction of sp³-hybridized carbons (Fsp3) is 1.00. The summed E-state index contributed by atoms with van der Waals surface area (Å²) in [6.07, 6.45) is 4.65. The van der Waals surface area contributed by atoms with E-state index in [1.165, 1.54) is 19.4 Å². The van der Waals surface area contributed by atoms with E-state index >= 15 is 0 Å². The summed E-state index contributed by atoms with van der Waals surface area (Å²) in [6, 6.07) is 0. The summed E-state index contributed by atoms with van der Waals surface area (Å²) in [4.78, 5) is 0. The molecular weight excluding hydrogens is 150 g/mol. The number of hydrogen-bond donors (Lipinski definition) is 2. The van der Waals surface area contributed by atoms with Crippen molar-refractivity contribution in [2.24, 2.45) is 0 Å². The average Bonchev–Trinajstić information content (AvgIpc) is 2.08. The zero-order valence-electron chi connectivity index (χ0n) is 8.90. The Kier molecular flexibility index (Phi) is 20.6. The third kappa shape index (κ3) is 22.5. The van der Waals surface area contributed by atoms with E-state index in [2.05, 4.69) is 26.1 Å². The van der Waals surface area contributed by atoms with Crippen LogP contribution in [0.15, 0.2) is 0 Å². The van der Waals surface area contributed by atoms with Gasteiger partial charge in [0, 0.05) is 6.61 Å². The van der Waals surface area contributed by atoms with Gasteiger partial charge in [0.05, 0.1) is 0 Å². The first kappa shape index (κ1) is 14.4. The maximum Gasteiger partial charge on any atom is 0.0430 e. The lowest BCUT2D eigenvalue weighted by atomic mass is 10.3. The lowest BCUT2D eigenvalue weighted by Gasteiger charge is -1.95. The number of unbranched alkanes of at least 4 members (excludes halogenated alkanes) is 2. The third-order valence-corrected chi connectivity index (χ3v) is 1.47. The molecule has 0 saturated carbocycles. The van der Waals surface area contributed by atoms with E-state index in [0.29, 0.717) is 6.61 Å². The lowest BCUT2D eigenvalue weighted by Crippen LogP contribution is -2.13. The number of hydrogen-bond acceptors (Lipinski definition) is 2. The molecule has 2 N–H and O–H groups in total. The highest BCUT2D eigenvalue weighted by molar-refractivity contribution is 4.39. The summed E-state index contributed by atoms with van der Waals surface area (Å²) < 4.78 is 0. The normalized spacial score (nSPS) is 9.00. The van der Waals surface area contributed by atoms with Crippen molar-refractivity contribution in [2.45, 2.75) is 46.5 Å². The molecule has 0 bridgehead atoms. The minimum Gasteiger partial charge on any atom is -0.396 e. The largest absolute Gasteiger partial charge is 0.396 e. The molecule has 2 nitrogen and oxygen atoms in total. The van der Waals surface area contributed by atoms with E-state index in [9.17, 15) is 0 Å². The van der Waals surface area contributed by atoms with E-state index in [0.717, 1.165) is 19.4 Å². The maximum absolute atomic E-state index is 8.07. The van der Waals surface area contributed by atoms with Crippen molar-refractivity contribution in [1.29, 1.82) is 0 Å². The van der Waals surface area contributed by atoms with Crippen LogP contribution in [0.1, 0.15) is 46.5 Å². The Bertz CT molecular complexity index is 51.8. The van der Waals surface area contributed by atoms with Crippen LogP contribution in [0.25, 0.3) is 0 Å². The summed E-state index contributed by atoms with van der Waals surface area (Å²) >= 11 is 0. The molecule has 76 valence electrons. The molecule has 0 aromatic rings. The van der Waals surface area contributed by atoms with Gasteiger partial charge >= 0.3 is 0 Å². The molecular formula is C10H25NO. The summed E-state index contributed by atoms with van der Waals surface area (Å²) in [5.74, 6) is 0. The standard InChI is InChI=1S/C6H15N.C4H10O/c1-3-5-6-7-4-2;1-2-3-4-5/h7H,3-6H2,1-2H3;5H,2-4H2,1H3. The first-order valence-corrected chi connectivity index (χ1v) is 5.14. The molecule has 0 rings (SSSR count). The smallest absolute Gasteiger partial charge is 0.0430 e. The molecule has 0 aromatic carbocycles. The van der Waals surface area contributed by atoms with Crippen molar-refractivity contribution in [1.82, 2.24) is 5.32 Å². The van der Waals surface area contributed by atoms with E-state index in [1.807, 2.05) is 0 Å². The second kappa shape index (κ2) is 17.1. The van der Waals surface area contributed by atoms with Gasteiger partial charge in [-0.3, -0.25) is 0 Å². The van der Waals surface area contributed by atoms with Gasteiger partial charge in [0.2, 0.25) is 0 Å². The Labute approximate surface area is 77.4 Å². The van der Waals surface area contributed by atoms with Gasteiger partial charge < -0.3 is 10.4 Å². The van der Waals surface area contributed by atoms with Crippen LogP contribution in [0.4, 0.5) is 0 Å². The van der Waals surface area contributed by atoms with E-state index < -0.39 is 0 Å². The monoisotopic (exact) mass is 175 g/mol. The number of nitrogens with one attached hydrogen (secondary N) is 1. The Morgan fingerprint density at radius 2 is 1.58 bits per heavy atom. The molecule has 0 radical (unpaired) electrons. The molecule has 0 saturated heterocycles. The van der Waals surface area contributed by atoms with Gasteiger partial charge in [0.1, 0.15) is 0 Å². The van der Waals surface area contributed by atoms with Gasteiger partial charge in [-0.25, -0.2) is 0 Å². The number of rotatable bonds is 6. The molecule has 0 unspecified atom stereocenters. The Balaban J connectivity index is 0. The van der Waals surface area contributed by atoms with Crippen molar-refractivity contribution in [3.8, 4) is 0 Å². The summed E-state index contributed by atoms with van der Waals surface area (Å²) in [5.41, 5.74) is 0. The third-order valence-electron chi connectivity index (χ3n) is 1.47. The quantitative estimate of drug-likeness (QED) is 0.606. The Morgan fingerprint density at radius 1 is 1.00 bits per heavy atom. The minimum atomic E-state index is 0.344. The van der Waals surface area contributed by atoms with Crippen LogP contribution in [0.2, 0.25) is 0 Å². The fourth-order valence-electron chi connectivity index (χ4n) is 0.637. The molecule has 0 amide bonds. The van der Waals surface area contributed by atoms with Gasteiger partial charge in [-0.2, -0.15) is 0 Å². The van der Waals surface area contributed by atoms with Crippen LogP contribution in [0.5, 0.6) is 0 Å². The molecule has 2 heteroatoms. The summed E-state index contributed by atoms with van der Waals surface area (Å²) in [7, 11) is 0. The second-order valence-corrected chi connectivity index (χ2v) is 2.78. The average molecular weight is 175 g/mol. The van der Waals surface area contributed by atoms with Gasteiger partial charge in [-0.15, -0.1) is 0 Å². The first-order chi connectivity index (χ1) is 5.83. The van der Waals surface area contributed by atoms with Gasteiger partial charge in [-0.1, -0.05) is 33.6 Å². The molecule has 0 spiro atoms. The van der Waals surface area contributed by atoms with Crippen molar-refractivity contribution in [3.63, 3.8) is 0 Å². The lowest BCUT2D eigenvalue weighted by molar-refractivity contribution is 0.287. The maximum atomic E-state index is 8.07. The Morgan fingerprint density at radius 3 is 1.83 bits per heavy atom. The number of aliphatic hydroxyl groups excluding tert-OH is 1. The summed E-state index contributed by atoms with van der Waals surface area (Å²) in [6.45, 7) is 9.03. The van der Waals surface area contributed by atoms with Gasteiger partial charge in [-0.05, 0) is 25.9 Å². The zero-order chi connectivity index (χ0) is 9.66. The van der Waals surface area contributed by atoms with Crippen LogP contribution in [0, 0.1) is 0 Å². The first-order valence-electron chi connectivity index (χ1n) is 5.14. The van der Waals surface area contributed by atoms with Crippen molar-refractivity contribution in [2.75, 3.05) is 19.7 Å². The highest BCUT2D eigenvalue weighted by Gasteiger charge is 1.77. The van der Waals surface area contributed by atoms with E-state index in [1.54, 1.807) is 0 Å². The van der Waals surface area contributed by atoms with E-state index in [-0.39, 0.29) is 0 Å². The molecule has 0 aliphatic rings. The molecule has 0 fully saturated rings. The zero-order valence-corrected chi connectivity index (χ0v) is 8.90. The van der Waals surface area contributed by atoms with E-state index in [4.69, 9.17) is 5.11 Å². The molecule has 0 aliphatic heterocycles. The SMILES string of the molecule is CCCCNCC.CCCCO. The van der Waals surface area contributed by atoms with Crippen LogP contribution in [-0.4, -0.2) is 24.8 Å². The van der Waals surface area contributed by atoms with Gasteiger partial charge in [0.15, 0.2) is 0 Å². The van der Waals surface area contributed by atoms with Crippen LogP contribution >= 0.6 is 0 Å². The fourth-order valence-corrected chi connectivity index (χ4v) is 0.637. The second-order valence-electron chi connectivity index (χ2n) is 2.78. The Hall–Kier alpha value is -0.0800. The van der Waals surface area contributed by atoms with Crippen molar-refractivity contribution >= 4 is 0 Å². The van der Waals surface area contributed by atoms with Crippen LogP contribution < -0.4 is 5.32 Å². The molecule has 0 aliphatic carbocycles. The van der Waals surface area contributed by atoms with Crippen molar-refractivity contribution in [3.05, 3.63) is 0 Å². The van der Waals surface area contributed by atoms with Crippen LogP contribution in [0.3, 0.4) is 0 Å². The highest BCUT2D eigenvalue weighted by Crippen LogP contribution is 1.80. The van der Waals surface area contributed by atoms with Crippen LogP contribution in [-0.2, 0) is 0 Å². The molecule has 0 aromatic heterocycles. The van der Waals surface area contributed by atoms with Gasteiger partial charge in [0.25, 0.3) is 0 Å². The predicted molar refractivity (Wildman–Crippen MR) is 55.4 cm³/mol. The predicted octanol–water partition coefficient (Wildman–Crippen LogP) is 2.17. The van der Waals surface area contributed by atoms with Crippen molar-refractivity contribution < 1.29 is 5.11 Å².